The highest BCUT2D eigenvalue weighted by atomic mass is 32.2. The second-order valence-corrected chi connectivity index (χ2v) is 9.69. The lowest BCUT2D eigenvalue weighted by molar-refractivity contribution is -0.121. The van der Waals surface area contributed by atoms with Gasteiger partial charge in [-0.15, -0.1) is 11.3 Å². The molecule has 1 atom stereocenters. The second-order valence-electron chi connectivity index (χ2n) is 7.54. The van der Waals surface area contributed by atoms with Gasteiger partial charge in [-0.2, -0.15) is 0 Å². The maximum atomic E-state index is 12.1. The summed E-state index contributed by atoms with van der Waals surface area (Å²) in [4.78, 5) is 23.8. The van der Waals surface area contributed by atoms with E-state index in [0.29, 0.717) is 12.4 Å². The molecule has 0 saturated heterocycles. The molecule has 0 bridgehead atoms. The zero-order chi connectivity index (χ0) is 19.0. The van der Waals surface area contributed by atoms with E-state index >= 15 is 0 Å². The van der Waals surface area contributed by atoms with Crippen LogP contribution in [0.2, 0.25) is 0 Å². The molecule has 0 aromatic carbocycles. The summed E-state index contributed by atoms with van der Waals surface area (Å²) in [5.74, 6) is 1.89. The van der Waals surface area contributed by atoms with Gasteiger partial charge in [0.25, 0.3) is 0 Å². The van der Waals surface area contributed by atoms with Crippen molar-refractivity contribution < 1.29 is 9.53 Å². The molecule has 1 amide bonds. The Labute approximate surface area is 167 Å². The molecule has 3 heterocycles. The topological polar surface area (TPSA) is 76.1 Å². The predicted molar refractivity (Wildman–Crippen MR) is 110 cm³/mol. The first-order valence-corrected chi connectivity index (χ1v) is 11.5. The summed E-state index contributed by atoms with van der Waals surface area (Å²) in [5.41, 5.74) is 7.06. The summed E-state index contributed by atoms with van der Waals surface area (Å²) in [6, 6.07) is 0. The van der Waals surface area contributed by atoms with E-state index in [4.69, 9.17) is 14.7 Å². The number of carbonyl (C=O) groups excluding carboxylic acids is 1. The van der Waals surface area contributed by atoms with Crippen molar-refractivity contribution in [2.75, 3.05) is 11.2 Å². The van der Waals surface area contributed by atoms with Crippen LogP contribution in [0.25, 0.3) is 10.2 Å². The minimum Gasteiger partial charge on any atom is -0.369 e. The molecular weight excluding hydrogens is 380 g/mol. The van der Waals surface area contributed by atoms with E-state index < -0.39 is 0 Å². The molecule has 1 aliphatic carbocycles. The molecule has 8 heteroatoms. The first kappa shape index (κ1) is 19.0. The SMILES string of the molecule is CCCSc1nc(NNC(=O)C2CC2)c2c3c(sc2n1)COC(C)(CC)C3. The zero-order valence-corrected chi connectivity index (χ0v) is 17.7. The van der Waals surface area contributed by atoms with Gasteiger partial charge in [0.15, 0.2) is 11.0 Å². The van der Waals surface area contributed by atoms with Crippen molar-refractivity contribution >= 4 is 45.0 Å². The van der Waals surface area contributed by atoms with Gasteiger partial charge in [0.05, 0.1) is 17.6 Å². The van der Waals surface area contributed by atoms with Crippen LogP contribution in [0.4, 0.5) is 5.82 Å². The van der Waals surface area contributed by atoms with Gasteiger partial charge in [-0.1, -0.05) is 25.6 Å². The zero-order valence-electron chi connectivity index (χ0n) is 16.1. The minimum atomic E-state index is -0.162. The number of nitrogens with one attached hydrogen (secondary N) is 2. The minimum absolute atomic E-state index is 0.0513. The summed E-state index contributed by atoms with van der Waals surface area (Å²) >= 11 is 3.34. The maximum absolute atomic E-state index is 12.1. The van der Waals surface area contributed by atoms with Gasteiger partial charge in [-0.3, -0.25) is 15.6 Å². The Hall–Kier alpha value is -1.38. The summed E-state index contributed by atoms with van der Waals surface area (Å²) in [7, 11) is 0. The van der Waals surface area contributed by atoms with Crippen LogP contribution in [0.3, 0.4) is 0 Å². The van der Waals surface area contributed by atoms with Crippen molar-refractivity contribution in [1.29, 1.82) is 0 Å². The first-order valence-electron chi connectivity index (χ1n) is 9.68. The number of thiophene rings is 1. The maximum Gasteiger partial charge on any atom is 0.241 e. The molecule has 146 valence electrons. The Balaban J connectivity index is 1.71. The summed E-state index contributed by atoms with van der Waals surface area (Å²) in [6.45, 7) is 7.08. The highest BCUT2D eigenvalue weighted by Gasteiger charge is 2.34. The average molecular weight is 407 g/mol. The number of hydrogen-bond donors (Lipinski definition) is 2. The fraction of sp³-hybridized carbons (Fsp3) is 0.632. The van der Waals surface area contributed by atoms with Gasteiger partial charge in [0, 0.05) is 23.0 Å². The van der Waals surface area contributed by atoms with Gasteiger partial charge in [-0.05, 0) is 38.2 Å². The van der Waals surface area contributed by atoms with Crippen LogP contribution in [0, 0.1) is 5.92 Å². The second kappa shape index (κ2) is 7.56. The van der Waals surface area contributed by atoms with Gasteiger partial charge in [0.1, 0.15) is 4.83 Å². The highest BCUT2D eigenvalue weighted by Crippen LogP contribution is 2.42. The van der Waals surface area contributed by atoms with Crippen molar-refractivity contribution in [3.63, 3.8) is 0 Å². The number of carbonyl (C=O) groups is 1. The molecule has 6 nitrogen and oxygen atoms in total. The first-order chi connectivity index (χ1) is 13.0. The van der Waals surface area contributed by atoms with Crippen LogP contribution in [-0.4, -0.2) is 27.2 Å². The summed E-state index contributed by atoms with van der Waals surface area (Å²) in [5, 5.41) is 1.79. The molecular formula is C19H26N4O2S2. The lowest BCUT2D eigenvalue weighted by Crippen LogP contribution is -2.34. The number of thioether (sulfide) groups is 1. The van der Waals surface area contributed by atoms with Gasteiger partial charge < -0.3 is 4.74 Å². The van der Waals surface area contributed by atoms with Crippen LogP contribution in [-0.2, 0) is 22.6 Å². The molecule has 1 saturated carbocycles. The van der Waals surface area contributed by atoms with Crippen molar-refractivity contribution in [2.24, 2.45) is 5.92 Å². The number of hydrazine groups is 1. The van der Waals surface area contributed by atoms with E-state index in [1.165, 1.54) is 10.4 Å². The number of hydrogen-bond acceptors (Lipinski definition) is 7. The number of nitrogens with zero attached hydrogens (tertiary/aromatic N) is 2. The number of aromatic nitrogens is 2. The third-order valence-corrected chi connectivity index (χ3v) is 7.40. The lowest BCUT2D eigenvalue weighted by Gasteiger charge is -2.33. The fourth-order valence-electron chi connectivity index (χ4n) is 3.20. The Bertz CT molecular complexity index is 865. The van der Waals surface area contributed by atoms with Gasteiger partial charge >= 0.3 is 0 Å². The van der Waals surface area contributed by atoms with Crippen molar-refractivity contribution in [3.8, 4) is 0 Å². The van der Waals surface area contributed by atoms with E-state index in [1.54, 1.807) is 23.1 Å². The molecule has 1 aliphatic heterocycles. The average Bonchev–Trinajstić information content (AvgIpc) is 3.46. The number of rotatable bonds is 7. The lowest BCUT2D eigenvalue weighted by atomic mass is 9.90. The Morgan fingerprint density at radius 3 is 2.89 bits per heavy atom. The molecule has 0 spiro atoms. The molecule has 27 heavy (non-hydrogen) atoms. The summed E-state index contributed by atoms with van der Waals surface area (Å²) in [6.07, 6.45) is 4.82. The standard InChI is InChI=1S/C19H26N4O2S2/c1-4-8-26-18-20-15(22-23-16(24)11-6-7-11)14-12-9-19(3,5-2)25-10-13(12)27-17(14)21-18/h11H,4-10H2,1-3H3,(H,23,24)(H,20,21,22). The van der Waals surface area contributed by atoms with Crippen LogP contribution in [0.15, 0.2) is 5.16 Å². The third-order valence-electron chi connectivity index (χ3n) is 5.25. The quantitative estimate of drug-likeness (QED) is 0.406. The van der Waals surface area contributed by atoms with Crippen LogP contribution in [0.5, 0.6) is 0 Å². The van der Waals surface area contributed by atoms with E-state index in [9.17, 15) is 4.79 Å². The highest BCUT2D eigenvalue weighted by molar-refractivity contribution is 7.99. The number of anilines is 1. The van der Waals surface area contributed by atoms with E-state index in [0.717, 1.165) is 53.2 Å². The number of ether oxygens (including phenoxy) is 1. The van der Waals surface area contributed by atoms with Gasteiger partial charge in [-0.25, -0.2) is 9.97 Å². The molecule has 1 fully saturated rings. The van der Waals surface area contributed by atoms with Crippen LogP contribution < -0.4 is 10.9 Å². The van der Waals surface area contributed by atoms with E-state index in [1.807, 2.05) is 0 Å². The summed E-state index contributed by atoms with van der Waals surface area (Å²) < 4.78 is 6.11. The predicted octanol–water partition coefficient (Wildman–Crippen LogP) is 4.29. The number of amides is 1. The Kier molecular flexibility index (Phi) is 5.31. The molecule has 2 N–H and O–H groups in total. The molecule has 1 unspecified atom stereocenters. The monoisotopic (exact) mass is 406 g/mol. The Morgan fingerprint density at radius 2 is 2.19 bits per heavy atom. The smallest absolute Gasteiger partial charge is 0.241 e. The Morgan fingerprint density at radius 1 is 1.37 bits per heavy atom. The normalized spacial score (nSPS) is 21.9. The largest absolute Gasteiger partial charge is 0.369 e. The van der Waals surface area contributed by atoms with Gasteiger partial charge in [0.2, 0.25) is 5.91 Å². The van der Waals surface area contributed by atoms with Crippen LogP contribution in [0.1, 0.15) is 56.9 Å². The number of fused-ring (bicyclic) bond motifs is 3. The molecule has 4 rings (SSSR count). The van der Waals surface area contributed by atoms with Crippen molar-refractivity contribution in [2.45, 2.75) is 70.2 Å². The molecule has 2 aromatic heterocycles. The third kappa shape index (κ3) is 3.93. The fourth-order valence-corrected chi connectivity index (χ4v) is 5.06. The van der Waals surface area contributed by atoms with Crippen molar-refractivity contribution in [3.05, 3.63) is 10.4 Å². The van der Waals surface area contributed by atoms with E-state index in [-0.39, 0.29) is 17.4 Å². The van der Waals surface area contributed by atoms with Crippen LogP contribution >= 0.6 is 23.1 Å². The molecule has 2 aromatic rings. The van der Waals surface area contributed by atoms with Crippen molar-refractivity contribution in [1.82, 2.24) is 15.4 Å². The molecule has 0 radical (unpaired) electrons. The van der Waals surface area contributed by atoms with E-state index in [2.05, 4.69) is 31.6 Å². The molecule has 2 aliphatic rings.